The molecule has 1 unspecified atom stereocenters. The first kappa shape index (κ1) is 79.8. The Morgan fingerprint density at radius 2 is 0.470 bits per heavy atom. The van der Waals surface area contributed by atoms with Crippen LogP contribution in [0.5, 0.6) is 0 Å². The number of esters is 3. The number of allylic oxidation sites excluding steroid dienone is 12. The Hall–Kier alpha value is -3.15. The summed E-state index contributed by atoms with van der Waals surface area (Å²) in [4.78, 5) is 38.4. The molecule has 0 aliphatic rings. The summed E-state index contributed by atoms with van der Waals surface area (Å²) in [6.07, 6.45) is 93.7. The van der Waals surface area contributed by atoms with Crippen LogP contribution < -0.4 is 0 Å². The molecule has 482 valence electrons. The molecule has 0 bridgehead atoms. The molecule has 0 radical (unpaired) electrons. The van der Waals surface area contributed by atoms with Gasteiger partial charge in [0.15, 0.2) is 6.10 Å². The number of hydrogen-bond acceptors (Lipinski definition) is 6. The van der Waals surface area contributed by atoms with Crippen LogP contribution >= 0.6 is 0 Å². The molecule has 83 heavy (non-hydrogen) atoms. The van der Waals surface area contributed by atoms with Crippen LogP contribution in [0.2, 0.25) is 0 Å². The van der Waals surface area contributed by atoms with Gasteiger partial charge in [-0.2, -0.15) is 0 Å². The lowest BCUT2D eigenvalue weighted by Crippen LogP contribution is -2.30. The molecule has 0 aromatic heterocycles. The predicted octanol–water partition coefficient (Wildman–Crippen LogP) is 25.2. The molecule has 0 aromatic carbocycles. The molecule has 6 nitrogen and oxygen atoms in total. The minimum Gasteiger partial charge on any atom is -0.462 e. The van der Waals surface area contributed by atoms with Crippen LogP contribution in [0.4, 0.5) is 0 Å². The normalized spacial score (nSPS) is 12.5. The Bertz CT molecular complexity index is 1520. The molecule has 0 spiro atoms. The van der Waals surface area contributed by atoms with E-state index in [1.807, 2.05) is 0 Å². The van der Waals surface area contributed by atoms with Crippen LogP contribution in [0.1, 0.15) is 380 Å². The second-order valence-electron chi connectivity index (χ2n) is 24.5. The van der Waals surface area contributed by atoms with Crippen molar-refractivity contribution in [2.24, 2.45) is 0 Å². The van der Waals surface area contributed by atoms with E-state index in [0.717, 1.165) is 103 Å². The van der Waals surface area contributed by atoms with Crippen molar-refractivity contribution in [1.82, 2.24) is 0 Å². The number of ether oxygens (including phenoxy) is 3. The van der Waals surface area contributed by atoms with E-state index >= 15 is 0 Å². The maximum Gasteiger partial charge on any atom is 0.306 e. The highest BCUT2D eigenvalue weighted by atomic mass is 16.6. The van der Waals surface area contributed by atoms with Gasteiger partial charge in [-0.1, -0.05) is 344 Å². The molecule has 0 N–H and O–H groups in total. The van der Waals surface area contributed by atoms with Gasteiger partial charge in [0, 0.05) is 19.3 Å². The quantitative estimate of drug-likeness (QED) is 0.0261. The lowest BCUT2D eigenvalue weighted by molar-refractivity contribution is -0.167. The summed E-state index contributed by atoms with van der Waals surface area (Å²) in [6.45, 7) is 6.55. The minimum atomic E-state index is -0.778. The van der Waals surface area contributed by atoms with Crippen LogP contribution in [-0.4, -0.2) is 37.2 Å². The Kier molecular flexibility index (Phi) is 68.6. The second-order valence-corrected chi connectivity index (χ2v) is 24.5. The van der Waals surface area contributed by atoms with E-state index < -0.39 is 6.10 Å². The summed E-state index contributed by atoms with van der Waals surface area (Å²) in [6, 6.07) is 0. The molecule has 0 aliphatic heterocycles. The monoisotopic (exact) mass is 1160 g/mol. The summed E-state index contributed by atoms with van der Waals surface area (Å²) >= 11 is 0. The Balaban J connectivity index is 4.16. The maximum absolute atomic E-state index is 12.9. The second kappa shape index (κ2) is 71.3. The van der Waals surface area contributed by atoms with E-state index in [1.54, 1.807) is 0 Å². The van der Waals surface area contributed by atoms with Gasteiger partial charge < -0.3 is 14.2 Å². The van der Waals surface area contributed by atoms with Crippen molar-refractivity contribution in [2.45, 2.75) is 386 Å². The molecule has 0 rings (SSSR count). The van der Waals surface area contributed by atoms with Crippen molar-refractivity contribution in [1.29, 1.82) is 0 Å². The lowest BCUT2D eigenvalue weighted by atomic mass is 10.0. The summed E-state index contributed by atoms with van der Waals surface area (Å²) < 4.78 is 17.0. The van der Waals surface area contributed by atoms with Crippen LogP contribution in [-0.2, 0) is 28.6 Å². The van der Waals surface area contributed by atoms with Crippen molar-refractivity contribution in [2.75, 3.05) is 13.2 Å². The smallest absolute Gasteiger partial charge is 0.306 e. The Labute approximate surface area is 516 Å². The van der Waals surface area contributed by atoms with Gasteiger partial charge in [0.1, 0.15) is 13.2 Å². The molecular weight excluding hydrogens is 1020 g/mol. The van der Waals surface area contributed by atoms with Crippen LogP contribution in [0.25, 0.3) is 0 Å². The fraction of sp³-hybridized carbons (Fsp3) is 0.805. The van der Waals surface area contributed by atoms with Crippen molar-refractivity contribution in [3.63, 3.8) is 0 Å². The average molecular weight is 1160 g/mol. The molecule has 0 saturated heterocycles. The zero-order valence-corrected chi connectivity index (χ0v) is 55.5. The highest BCUT2D eigenvalue weighted by Gasteiger charge is 2.19. The van der Waals surface area contributed by atoms with E-state index in [2.05, 4.69) is 93.7 Å². The summed E-state index contributed by atoms with van der Waals surface area (Å²) in [7, 11) is 0. The first-order chi connectivity index (χ1) is 41.0. The minimum absolute atomic E-state index is 0.0735. The van der Waals surface area contributed by atoms with Gasteiger partial charge in [-0.25, -0.2) is 0 Å². The number of hydrogen-bond donors (Lipinski definition) is 0. The molecule has 6 heteroatoms. The van der Waals surface area contributed by atoms with Gasteiger partial charge >= 0.3 is 17.9 Å². The number of carbonyl (C=O) groups excluding carboxylic acids is 3. The first-order valence-corrected chi connectivity index (χ1v) is 36.4. The zero-order chi connectivity index (χ0) is 59.9. The third kappa shape index (κ3) is 69.5. The van der Waals surface area contributed by atoms with E-state index in [9.17, 15) is 14.4 Å². The van der Waals surface area contributed by atoms with Gasteiger partial charge in [-0.05, 0) is 89.9 Å². The third-order valence-electron chi connectivity index (χ3n) is 16.2. The molecule has 0 fully saturated rings. The maximum atomic E-state index is 12.9. The summed E-state index contributed by atoms with van der Waals surface area (Å²) in [5, 5.41) is 0. The van der Waals surface area contributed by atoms with Crippen molar-refractivity contribution in [3.8, 4) is 0 Å². The molecule has 0 heterocycles. The Morgan fingerprint density at radius 3 is 0.759 bits per heavy atom. The van der Waals surface area contributed by atoms with Crippen LogP contribution in [0.15, 0.2) is 72.9 Å². The first-order valence-electron chi connectivity index (χ1n) is 36.4. The SMILES string of the molecule is CC/C=C\C/C=C\C/C=C\C/C=C\CCCCCCCCCCCCCCCCCCCCCCC(=O)OCC(COC(=O)CCCCCCC/C=C\C/C=C\CCCCC)OC(=O)CCCCCCCCCCCCCCCCCCC. The topological polar surface area (TPSA) is 78.9 Å². The van der Waals surface area contributed by atoms with E-state index in [-0.39, 0.29) is 31.1 Å². The predicted molar refractivity (Wildman–Crippen MR) is 362 cm³/mol. The molecule has 0 aromatic rings. The largest absolute Gasteiger partial charge is 0.462 e. The van der Waals surface area contributed by atoms with Gasteiger partial charge in [-0.15, -0.1) is 0 Å². The standard InChI is InChI=1S/C77H138O6/c1-4-7-10-13-16-19-22-25-28-30-31-32-33-34-35-36-37-38-39-40-41-42-43-44-45-47-49-52-55-58-61-64-67-70-76(79)82-73-74(72-81-75(78)69-66-63-60-57-54-51-48-27-24-21-18-15-12-9-6-3)83-77(80)71-68-65-62-59-56-53-50-46-29-26-23-20-17-14-11-8-5-2/h7,10,16,18-19,21,25,27-28,31-32,48,74H,4-6,8-9,11-15,17,20,22-24,26,29-30,33-47,49-73H2,1-3H3/b10-7-,19-16-,21-18-,28-25-,32-31-,48-27-. The third-order valence-corrected chi connectivity index (χ3v) is 16.2. The van der Waals surface area contributed by atoms with E-state index in [0.29, 0.717) is 19.3 Å². The highest BCUT2D eigenvalue weighted by molar-refractivity contribution is 5.71. The van der Waals surface area contributed by atoms with Gasteiger partial charge in [0.2, 0.25) is 0 Å². The van der Waals surface area contributed by atoms with Crippen molar-refractivity contribution < 1.29 is 28.6 Å². The van der Waals surface area contributed by atoms with Crippen molar-refractivity contribution in [3.05, 3.63) is 72.9 Å². The van der Waals surface area contributed by atoms with Crippen LogP contribution in [0.3, 0.4) is 0 Å². The summed E-state index contributed by atoms with van der Waals surface area (Å²) in [5.41, 5.74) is 0. The molecule has 0 amide bonds. The van der Waals surface area contributed by atoms with Gasteiger partial charge in [0.25, 0.3) is 0 Å². The van der Waals surface area contributed by atoms with E-state index in [1.165, 1.54) is 238 Å². The number of carbonyl (C=O) groups is 3. The van der Waals surface area contributed by atoms with E-state index in [4.69, 9.17) is 14.2 Å². The number of rotatable bonds is 67. The van der Waals surface area contributed by atoms with Crippen LogP contribution in [0, 0.1) is 0 Å². The Morgan fingerprint density at radius 1 is 0.253 bits per heavy atom. The number of unbranched alkanes of at least 4 members (excludes halogenated alkanes) is 44. The summed E-state index contributed by atoms with van der Waals surface area (Å²) in [5.74, 6) is -0.862. The fourth-order valence-electron chi connectivity index (χ4n) is 10.8. The van der Waals surface area contributed by atoms with Crippen molar-refractivity contribution >= 4 is 17.9 Å². The molecule has 0 aliphatic carbocycles. The van der Waals surface area contributed by atoms with Gasteiger partial charge in [-0.3, -0.25) is 14.4 Å². The average Bonchev–Trinajstić information content (AvgIpc) is 3.49. The fourth-order valence-corrected chi connectivity index (χ4v) is 10.8. The molecule has 0 saturated carbocycles. The molecular formula is C77H138O6. The molecule has 1 atom stereocenters. The lowest BCUT2D eigenvalue weighted by Gasteiger charge is -2.18. The highest BCUT2D eigenvalue weighted by Crippen LogP contribution is 2.18. The van der Waals surface area contributed by atoms with Gasteiger partial charge in [0.05, 0.1) is 0 Å². The zero-order valence-electron chi connectivity index (χ0n) is 55.5.